The number of carbonyl (C=O) groups is 1. The number of hydrogen-bond donors (Lipinski definition) is 4. The Balaban J connectivity index is 1.92. The number of nitrogen functional groups attached to an aromatic ring is 1. The molecule has 34 heavy (non-hydrogen) atoms. The van der Waals surface area contributed by atoms with E-state index in [4.69, 9.17) is 20.2 Å². The molecule has 0 saturated heterocycles. The number of imidazole rings is 1. The van der Waals surface area contributed by atoms with Crippen LogP contribution in [0.3, 0.4) is 0 Å². The summed E-state index contributed by atoms with van der Waals surface area (Å²) in [5.74, 6) is 1.57. The minimum atomic E-state index is -0.469. The molecule has 0 aliphatic rings. The van der Waals surface area contributed by atoms with Gasteiger partial charge in [0.1, 0.15) is 17.2 Å². The number of nitrogens with two attached hydrogens (primary N) is 1. The van der Waals surface area contributed by atoms with Gasteiger partial charge in [-0.15, -0.1) is 0 Å². The number of rotatable bonds is 8. The molecule has 12 nitrogen and oxygen atoms in total. The smallest absolute Gasteiger partial charge is 0.407 e. The number of aromatic nitrogens is 6. The van der Waals surface area contributed by atoms with E-state index in [1.807, 2.05) is 6.92 Å². The van der Waals surface area contributed by atoms with Gasteiger partial charge in [-0.3, -0.25) is 0 Å². The minimum absolute atomic E-state index is 0.193. The molecule has 0 aliphatic heterocycles. The molecule has 3 aromatic heterocycles. The van der Waals surface area contributed by atoms with Gasteiger partial charge in [-0.25, -0.2) is 29.7 Å². The molecule has 0 unspecified atom stereocenters. The Morgan fingerprint density at radius 2 is 1.97 bits per heavy atom. The van der Waals surface area contributed by atoms with E-state index in [0.717, 1.165) is 5.82 Å². The van der Waals surface area contributed by atoms with Crippen molar-refractivity contribution in [3.05, 3.63) is 24.3 Å². The summed E-state index contributed by atoms with van der Waals surface area (Å²) in [5, 5.41) is 5.86. The number of nitrogens with zero attached hydrogens (tertiary/aromatic N) is 5. The maximum Gasteiger partial charge on any atom is 0.407 e. The summed E-state index contributed by atoms with van der Waals surface area (Å²) in [6.45, 7) is 10.5. The van der Waals surface area contributed by atoms with E-state index in [2.05, 4.69) is 56.3 Å². The Bertz CT molecular complexity index is 1140. The van der Waals surface area contributed by atoms with Crippen LogP contribution >= 0.6 is 0 Å². The Morgan fingerprint density at radius 1 is 1.21 bits per heavy atom. The highest BCUT2D eigenvalue weighted by atomic mass is 16.5. The number of alkyl carbamates (subject to hydrolysis) is 1. The fourth-order valence-electron chi connectivity index (χ4n) is 3.00. The average molecular weight is 470 g/mol. The van der Waals surface area contributed by atoms with E-state index in [9.17, 15) is 4.79 Å². The highest BCUT2D eigenvalue weighted by molar-refractivity contribution is 5.75. The van der Waals surface area contributed by atoms with E-state index in [1.165, 1.54) is 7.11 Å². The number of hydrogen-bond acceptors (Lipinski definition) is 10. The first kappa shape index (κ1) is 24.7. The zero-order valence-corrected chi connectivity index (χ0v) is 20.3. The lowest BCUT2D eigenvalue weighted by Gasteiger charge is -2.15. The first-order chi connectivity index (χ1) is 16.1. The van der Waals surface area contributed by atoms with Crippen molar-refractivity contribution in [2.75, 3.05) is 31.3 Å². The van der Waals surface area contributed by atoms with Crippen LogP contribution in [-0.2, 0) is 10.2 Å². The number of aromatic amines is 1. The fourth-order valence-corrected chi connectivity index (χ4v) is 3.00. The molecule has 12 heteroatoms. The molecule has 182 valence electrons. The van der Waals surface area contributed by atoms with Crippen molar-refractivity contribution in [1.82, 2.24) is 35.2 Å². The van der Waals surface area contributed by atoms with Gasteiger partial charge in [-0.2, -0.15) is 0 Å². The topological polar surface area (TPSA) is 166 Å². The molecule has 3 heterocycles. The maximum atomic E-state index is 11.6. The number of amides is 1. The number of carbonyl (C=O) groups excluding carboxylic acids is 1. The standard InChI is InChI=1S/C22H31N9O3/c1-7-34-21(32)27-12(2)10-26-20-24-9-8-13(29-20)15-16(31-19(30-15)22(3,4)5)14-11-25-17(23)18(28-14)33-6/h8-9,11-12H,7,10H2,1-6H3,(H2,23,25)(H,27,32)(H,30,31)(H,24,26,29)/t12-/m0/s1. The first-order valence-corrected chi connectivity index (χ1v) is 10.9. The van der Waals surface area contributed by atoms with Crippen LogP contribution in [0.4, 0.5) is 16.6 Å². The third kappa shape index (κ3) is 5.88. The molecule has 3 rings (SSSR count). The van der Waals surface area contributed by atoms with Crippen LogP contribution in [0, 0.1) is 0 Å². The van der Waals surface area contributed by atoms with Crippen molar-refractivity contribution in [3.8, 4) is 28.7 Å². The lowest BCUT2D eigenvalue weighted by molar-refractivity contribution is 0.149. The van der Waals surface area contributed by atoms with Crippen LogP contribution in [0.5, 0.6) is 5.88 Å². The molecule has 0 fully saturated rings. The second-order valence-electron chi connectivity index (χ2n) is 8.62. The Hall–Kier alpha value is -3.96. The van der Waals surface area contributed by atoms with Gasteiger partial charge in [0.15, 0.2) is 5.82 Å². The minimum Gasteiger partial charge on any atom is -0.478 e. The number of H-pyrrole nitrogens is 1. The van der Waals surface area contributed by atoms with Crippen LogP contribution in [0.25, 0.3) is 22.8 Å². The van der Waals surface area contributed by atoms with Gasteiger partial charge in [0, 0.05) is 24.2 Å². The summed E-state index contributed by atoms with van der Waals surface area (Å²) in [6.07, 6.45) is 2.72. The molecule has 1 atom stereocenters. The van der Waals surface area contributed by atoms with Crippen molar-refractivity contribution in [2.24, 2.45) is 0 Å². The van der Waals surface area contributed by atoms with Gasteiger partial charge in [-0.05, 0) is 19.9 Å². The van der Waals surface area contributed by atoms with E-state index < -0.39 is 6.09 Å². The zero-order chi connectivity index (χ0) is 24.9. The molecule has 0 aliphatic carbocycles. The molecule has 5 N–H and O–H groups in total. The van der Waals surface area contributed by atoms with Crippen molar-refractivity contribution >= 4 is 17.9 Å². The number of ether oxygens (including phenoxy) is 2. The maximum absolute atomic E-state index is 11.6. The molecule has 1 amide bonds. The van der Waals surface area contributed by atoms with Crippen molar-refractivity contribution in [3.63, 3.8) is 0 Å². The van der Waals surface area contributed by atoms with Gasteiger partial charge in [0.05, 0.1) is 31.3 Å². The summed E-state index contributed by atoms with van der Waals surface area (Å²) < 4.78 is 10.1. The van der Waals surface area contributed by atoms with Crippen molar-refractivity contribution in [2.45, 2.75) is 46.1 Å². The second-order valence-corrected chi connectivity index (χ2v) is 8.62. The summed E-state index contributed by atoms with van der Waals surface area (Å²) in [5.41, 5.74) is 7.92. The molecule has 0 spiro atoms. The third-order valence-electron chi connectivity index (χ3n) is 4.73. The van der Waals surface area contributed by atoms with Crippen LogP contribution in [-0.4, -0.2) is 62.3 Å². The molecule has 0 aromatic carbocycles. The Kier molecular flexibility index (Phi) is 7.49. The lowest BCUT2D eigenvalue weighted by Crippen LogP contribution is -2.37. The third-order valence-corrected chi connectivity index (χ3v) is 4.73. The van der Waals surface area contributed by atoms with Gasteiger partial charge < -0.3 is 30.8 Å². The average Bonchev–Trinajstić information content (AvgIpc) is 3.24. The highest BCUT2D eigenvalue weighted by Gasteiger charge is 2.24. The zero-order valence-electron chi connectivity index (χ0n) is 20.3. The fraction of sp³-hybridized carbons (Fsp3) is 0.455. The van der Waals surface area contributed by atoms with Crippen LogP contribution in [0.2, 0.25) is 0 Å². The van der Waals surface area contributed by atoms with Crippen molar-refractivity contribution in [1.29, 1.82) is 0 Å². The summed E-state index contributed by atoms with van der Waals surface area (Å²) >= 11 is 0. The van der Waals surface area contributed by atoms with Gasteiger partial charge in [-0.1, -0.05) is 20.8 Å². The van der Waals surface area contributed by atoms with Crippen LogP contribution in [0.15, 0.2) is 18.5 Å². The molecule has 0 bridgehead atoms. The molecular weight excluding hydrogens is 438 g/mol. The van der Waals surface area contributed by atoms with E-state index in [-0.39, 0.29) is 23.2 Å². The Morgan fingerprint density at radius 3 is 2.65 bits per heavy atom. The SMILES string of the molecule is CCOC(=O)N[C@@H](C)CNc1nccc(-c2[nH]c(C(C)(C)C)nc2-c2cnc(N)c(OC)n2)n1. The van der Waals surface area contributed by atoms with E-state index >= 15 is 0 Å². The van der Waals surface area contributed by atoms with E-state index in [0.29, 0.717) is 41.9 Å². The molecule has 0 radical (unpaired) electrons. The number of nitrogens with one attached hydrogen (secondary N) is 3. The predicted molar refractivity (Wildman–Crippen MR) is 128 cm³/mol. The Labute approximate surface area is 198 Å². The second kappa shape index (κ2) is 10.3. The molecule has 0 saturated carbocycles. The first-order valence-electron chi connectivity index (χ1n) is 10.9. The summed E-state index contributed by atoms with van der Waals surface area (Å²) in [7, 11) is 1.48. The highest BCUT2D eigenvalue weighted by Crippen LogP contribution is 2.33. The summed E-state index contributed by atoms with van der Waals surface area (Å²) in [4.78, 5) is 37.3. The van der Waals surface area contributed by atoms with Crippen molar-refractivity contribution < 1.29 is 14.3 Å². The van der Waals surface area contributed by atoms with E-state index in [1.54, 1.807) is 25.4 Å². The lowest BCUT2D eigenvalue weighted by atomic mass is 9.96. The number of methoxy groups -OCH3 is 1. The predicted octanol–water partition coefficient (Wildman–Crippen LogP) is 2.76. The van der Waals surface area contributed by atoms with Gasteiger partial charge in [0.2, 0.25) is 5.95 Å². The van der Waals surface area contributed by atoms with Crippen LogP contribution < -0.4 is 21.1 Å². The quantitative estimate of drug-likeness (QED) is 0.385. The molecular formula is C22H31N9O3. The van der Waals surface area contributed by atoms with Crippen LogP contribution in [0.1, 0.15) is 40.4 Å². The monoisotopic (exact) mass is 469 g/mol. The number of anilines is 2. The summed E-state index contributed by atoms with van der Waals surface area (Å²) in [6, 6.07) is 1.58. The normalized spacial score (nSPS) is 12.2. The molecule has 3 aromatic rings. The van der Waals surface area contributed by atoms with Gasteiger partial charge in [0.25, 0.3) is 5.88 Å². The van der Waals surface area contributed by atoms with Gasteiger partial charge >= 0.3 is 6.09 Å². The largest absolute Gasteiger partial charge is 0.478 e.